The van der Waals surface area contributed by atoms with Gasteiger partial charge < -0.3 is 19.4 Å². The molecule has 0 spiro atoms. The molecule has 0 radical (unpaired) electrons. The number of hydrogen-bond acceptors (Lipinski definition) is 7. The van der Waals surface area contributed by atoms with Crippen molar-refractivity contribution in [3.8, 4) is 0 Å². The van der Waals surface area contributed by atoms with Gasteiger partial charge in [0.25, 0.3) is 0 Å². The van der Waals surface area contributed by atoms with Gasteiger partial charge in [-0.15, -0.1) is 0 Å². The van der Waals surface area contributed by atoms with E-state index in [1.165, 1.54) is 16.7 Å². The summed E-state index contributed by atoms with van der Waals surface area (Å²) in [5.41, 5.74) is 8.84. The van der Waals surface area contributed by atoms with Crippen molar-refractivity contribution in [3.05, 3.63) is 122 Å². The van der Waals surface area contributed by atoms with Crippen LogP contribution in [0.15, 0.2) is 79.4 Å². The first-order valence-electron chi connectivity index (χ1n) is 15.1. The molecule has 3 aromatic carbocycles. The number of aromatic amines is 2. The van der Waals surface area contributed by atoms with Crippen LogP contribution >= 0.6 is 70.7 Å². The maximum Gasteiger partial charge on any atom is 0.0742 e. The smallest absolute Gasteiger partial charge is 0.0742 e. The van der Waals surface area contributed by atoms with Gasteiger partial charge in [0, 0.05) is 85.5 Å². The van der Waals surface area contributed by atoms with Gasteiger partial charge >= 0.3 is 0 Å². The molecule has 5 heterocycles. The molecular formula is C34H33Cl4N7S2. The summed E-state index contributed by atoms with van der Waals surface area (Å²) in [6, 6.07) is 18.8. The highest BCUT2D eigenvalue weighted by molar-refractivity contribution is 7.98. The highest BCUT2D eigenvalue weighted by Crippen LogP contribution is 2.44. The lowest BCUT2D eigenvalue weighted by Gasteiger charge is -2.33. The molecule has 7 nitrogen and oxygen atoms in total. The number of aromatic nitrogens is 3. The zero-order chi connectivity index (χ0) is 33.1. The molecule has 1 atom stereocenters. The first kappa shape index (κ1) is 34.1. The number of halogens is 4. The van der Waals surface area contributed by atoms with E-state index in [-0.39, 0.29) is 0 Å². The highest BCUT2D eigenvalue weighted by Gasteiger charge is 2.26. The molecule has 47 heavy (non-hydrogen) atoms. The summed E-state index contributed by atoms with van der Waals surface area (Å²) in [6.07, 6.45) is 7.22. The zero-order valence-corrected chi connectivity index (χ0v) is 30.5. The number of pyridine rings is 1. The van der Waals surface area contributed by atoms with E-state index < -0.39 is 0 Å². The van der Waals surface area contributed by atoms with E-state index >= 15 is 0 Å². The summed E-state index contributed by atoms with van der Waals surface area (Å²) in [6.45, 7) is 8.64. The van der Waals surface area contributed by atoms with Gasteiger partial charge in [-0.05, 0) is 47.4 Å². The number of H-pyrrole nitrogens is 2. The second-order valence-corrected chi connectivity index (χ2v) is 14.2. The van der Waals surface area contributed by atoms with Crippen molar-refractivity contribution in [1.29, 1.82) is 0 Å². The second kappa shape index (κ2) is 15.2. The molecule has 0 amide bonds. The largest absolute Gasteiger partial charge is 0.358 e. The van der Waals surface area contributed by atoms with Gasteiger partial charge in [0.05, 0.1) is 42.5 Å². The molecule has 8 rings (SSSR count). The van der Waals surface area contributed by atoms with Crippen molar-refractivity contribution in [1.82, 2.24) is 23.6 Å². The van der Waals surface area contributed by atoms with Gasteiger partial charge in [-0.2, -0.15) is 0 Å². The lowest BCUT2D eigenvalue weighted by molar-refractivity contribution is 0.376. The summed E-state index contributed by atoms with van der Waals surface area (Å²) < 4.78 is 11.4. The second-order valence-electron chi connectivity index (χ2n) is 10.8. The Morgan fingerprint density at radius 1 is 0.766 bits per heavy atom. The lowest BCUT2D eigenvalue weighted by atomic mass is 10.1. The Bertz CT molecular complexity index is 1990. The molecule has 244 valence electrons. The lowest BCUT2D eigenvalue weighted by Crippen LogP contribution is -2.25. The predicted molar refractivity (Wildman–Crippen MR) is 204 cm³/mol. The summed E-state index contributed by atoms with van der Waals surface area (Å²) in [5, 5.41) is 4.41. The van der Waals surface area contributed by atoms with Crippen molar-refractivity contribution in [2.75, 3.05) is 9.44 Å². The molecule has 1 unspecified atom stereocenters. The molecule has 0 fully saturated rings. The van der Waals surface area contributed by atoms with Crippen molar-refractivity contribution < 1.29 is 0 Å². The Morgan fingerprint density at radius 3 is 1.96 bits per heavy atom. The van der Waals surface area contributed by atoms with Gasteiger partial charge in [0.1, 0.15) is 0 Å². The highest BCUT2D eigenvalue weighted by atomic mass is 35.5. The van der Waals surface area contributed by atoms with Crippen molar-refractivity contribution in [2.24, 2.45) is 0 Å². The molecule has 0 saturated carbocycles. The van der Waals surface area contributed by atoms with E-state index in [1.807, 2.05) is 44.3 Å². The van der Waals surface area contributed by atoms with E-state index in [4.69, 9.17) is 46.4 Å². The van der Waals surface area contributed by atoms with Crippen molar-refractivity contribution in [3.63, 3.8) is 0 Å². The minimum absolute atomic E-state index is 0.295. The summed E-state index contributed by atoms with van der Waals surface area (Å²) in [5.74, 6) is 0. The third-order valence-corrected chi connectivity index (χ3v) is 10.9. The average molecular weight is 746 g/mol. The first-order valence-corrected chi connectivity index (χ1v) is 18.2. The zero-order valence-electron chi connectivity index (χ0n) is 25.9. The number of nitrogens with zero attached hydrogens (tertiary/aromatic N) is 3. The van der Waals surface area contributed by atoms with E-state index in [2.05, 4.69) is 70.3 Å². The van der Waals surface area contributed by atoms with E-state index in [0.717, 1.165) is 58.4 Å². The van der Waals surface area contributed by atoms with Crippen LogP contribution in [0.4, 0.5) is 11.4 Å². The molecule has 2 aliphatic rings. The standard InChI is InChI=1S/C17H15Cl2N3S.C15H12Cl2N4S.C2H6/c1-10(11-5-3-2-4-6-11)22-9-12-7-13(18)15-14(19)8-20-17(15)16(12)21-23-22;16-11-4-10-8-21(7-9-2-1-3-18-5-9)22-20-14(10)15-13(11)12(17)6-19-15;1-2/h2-8,10,20-21H,9H2,1H3;1-6,19-20H,7-8H2;1-2H3. The van der Waals surface area contributed by atoms with Crippen molar-refractivity contribution >= 4 is 104 Å². The third-order valence-electron chi connectivity index (χ3n) is 7.90. The van der Waals surface area contributed by atoms with E-state index in [0.29, 0.717) is 26.1 Å². The van der Waals surface area contributed by atoms with Crippen molar-refractivity contribution in [2.45, 2.75) is 46.4 Å². The van der Waals surface area contributed by atoms with Crippen LogP contribution in [0, 0.1) is 0 Å². The van der Waals surface area contributed by atoms with Crippen LogP contribution in [0.5, 0.6) is 0 Å². The molecular weight excluding hydrogens is 712 g/mol. The van der Waals surface area contributed by atoms with Gasteiger partial charge in [-0.1, -0.05) is 96.6 Å². The maximum absolute atomic E-state index is 6.43. The van der Waals surface area contributed by atoms with Crippen LogP contribution in [0.1, 0.15) is 49.1 Å². The first-order chi connectivity index (χ1) is 22.9. The normalized spacial score (nSPS) is 15.0. The monoisotopic (exact) mass is 743 g/mol. The third kappa shape index (κ3) is 7.19. The van der Waals surface area contributed by atoms with Crippen LogP contribution < -0.4 is 9.44 Å². The Kier molecular flexibility index (Phi) is 11.1. The molecule has 6 aromatic rings. The fraction of sp³-hybridized carbons (Fsp3) is 0.206. The minimum Gasteiger partial charge on any atom is -0.358 e. The molecule has 0 bridgehead atoms. The summed E-state index contributed by atoms with van der Waals surface area (Å²) in [7, 11) is 0. The molecule has 0 saturated heterocycles. The number of fused-ring (bicyclic) bond motifs is 6. The molecule has 0 aliphatic carbocycles. The van der Waals surface area contributed by atoms with E-state index in [9.17, 15) is 0 Å². The number of rotatable bonds is 4. The predicted octanol–water partition coefficient (Wildman–Crippen LogP) is 11.9. The minimum atomic E-state index is 0.295. The molecule has 2 aliphatic heterocycles. The Morgan fingerprint density at radius 2 is 1.36 bits per heavy atom. The van der Waals surface area contributed by atoms with Gasteiger partial charge in [-0.3, -0.25) is 4.98 Å². The number of benzene rings is 3. The van der Waals surface area contributed by atoms with Gasteiger partial charge in [-0.25, -0.2) is 8.61 Å². The quantitative estimate of drug-likeness (QED) is 0.134. The van der Waals surface area contributed by atoms with Crippen LogP contribution in [0.3, 0.4) is 0 Å². The summed E-state index contributed by atoms with van der Waals surface area (Å²) in [4.78, 5) is 10.6. The van der Waals surface area contributed by atoms with E-state index in [1.54, 1.807) is 42.9 Å². The maximum atomic E-state index is 6.43. The van der Waals surface area contributed by atoms with Gasteiger partial charge in [0.2, 0.25) is 0 Å². The molecule has 3 aromatic heterocycles. The number of hydrogen-bond donors (Lipinski definition) is 4. The summed E-state index contributed by atoms with van der Waals surface area (Å²) >= 11 is 28.4. The fourth-order valence-electron chi connectivity index (χ4n) is 5.59. The average Bonchev–Trinajstić information content (AvgIpc) is 3.70. The van der Waals surface area contributed by atoms with Crippen LogP contribution in [0.2, 0.25) is 20.1 Å². The van der Waals surface area contributed by atoms with Crippen LogP contribution in [-0.4, -0.2) is 23.6 Å². The molecule has 13 heteroatoms. The Hall–Kier alpha value is -2.73. The number of anilines is 2. The SMILES string of the molecule is CC.CC(c1ccccc1)N1Cc2cc(Cl)c3c(Cl)c[nH]c3c2NS1.Clc1c[nH]c2c3c(cc(Cl)c12)CN(Cc1cccnc1)SN3. The number of nitrogens with one attached hydrogen (secondary N) is 4. The van der Waals surface area contributed by atoms with Gasteiger partial charge in [0.15, 0.2) is 0 Å². The topological polar surface area (TPSA) is 75.0 Å². The Labute approximate surface area is 303 Å². The Balaban J connectivity index is 0.000000156. The van der Waals surface area contributed by atoms with Crippen LogP contribution in [-0.2, 0) is 19.6 Å². The molecule has 4 N–H and O–H groups in total. The fourth-order valence-corrected chi connectivity index (χ4v) is 8.64. The van der Waals surface area contributed by atoms with Crippen LogP contribution in [0.25, 0.3) is 21.8 Å².